The number of rotatable bonds is 6. The van der Waals surface area contributed by atoms with Gasteiger partial charge in [0.2, 0.25) is 0 Å². The van der Waals surface area contributed by atoms with Crippen molar-refractivity contribution in [3.63, 3.8) is 0 Å². The molecular weight excluding hydrogens is 354 g/mol. The predicted octanol–water partition coefficient (Wildman–Crippen LogP) is 4.24. The molecule has 150 valence electrons. The van der Waals surface area contributed by atoms with E-state index < -0.39 is 0 Å². The van der Waals surface area contributed by atoms with Gasteiger partial charge < -0.3 is 14.5 Å². The van der Waals surface area contributed by atoms with Crippen molar-refractivity contribution in [3.05, 3.63) is 40.2 Å². The topological polar surface area (TPSA) is 68.5 Å². The molecule has 2 aliphatic rings. The summed E-state index contributed by atoms with van der Waals surface area (Å²) in [4.78, 5) is 24.2. The van der Waals surface area contributed by atoms with Crippen molar-refractivity contribution in [2.75, 3.05) is 6.61 Å². The van der Waals surface area contributed by atoms with Crippen LogP contribution in [0.2, 0.25) is 0 Å². The molecule has 2 bridgehead atoms. The molecule has 4 rings (SSSR count). The lowest BCUT2D eigenvalue weighted by molar-refractivity contribution is -0.124. The molecule has 1 amide bonds. The Morgan fingerprint density at radius 2 is 2.04 bits per heavy atom. The summed E-state index contributed by atoms with van der Waals surface area (Å²) in [7, 11) is 0. The SMILES string of the molecule is CC(C)c1cc(=O)oc2cc(OCC(=O)N[C@H](C)[C@@H]3C[C@H]4CC[C@H]3C4)ccc12. The highest BCUT2D eigenvalue weighted by atomic mass is 16.5. The summed E-state index contributed by atoms with van der Waals surface area (Å²) < 4.78 is 11.0. The minimum absolute atomic E-state index is 0.0369. The molecule has 1 aromatic carbocycles. The van der Waals surface area contributed by atoms with Crippen molar-refractivity contribution >= 4 is 16.9 Å². The van der Waals surface area contributed by atoms with Crippen LogP contribution in [0.1, 0.15) is 57.9 Å². The van der Waals surface area contributed by atoms with E-state index in [-0.39, 0.29) is 30.1 Å². The minimum atomic E-state index is -0.370. The van der Waals surface area contributed by atoms with E-state index in [4.69, 9.17) is 9.15 Å². The number of ether oxygens (including phenoxy) is 1. The molecule has 1 N–H and O–H groups in total. The quantitative estimate of drug-likeness (QED) is 0.758. The lowest BCUT2D eigenvalue weighted by Gasteiger charge is -2.28. The first kappa shape index (κ1) is 19.0. The number of amides is 1. The molecule has 2 aliphatic carbocycles. The Morgan fingerprint density at radius 1 is 1.21 bits per heavy atom. The van der Waals surface area contributed by atoms with E-state index in [1.807, 2.05) is 26.0 Å². The van der Waals surface area contributed by atoms with E-state index in [9.17, 15) is 9.59 Å². The van der Waals surface area contributed by atoms with Crippen LogP contribution in [0.15, 0.2) is 33.5 Å². The summed E-state index contributed by atoms with van der Waals surface area (Å²) in [5, 5.41) is 4.01. The summed E-state index contributed by atoms with van der Waals surface area (Å²) in [5.74, 6) is 2.89. The Labute approximate surface area is 165 Å². The third-order valence-corrected chi connectivity index (χ3v) is 6.56. The van der Waals surface area contributed by atoms with Gasteiger partial charge in [-0.1, -0.05) is 20.3 Å². The number of nitrogens with one attached hydrogen (secondary N) is 1. The predicted molar refractivity (Wildman–Crippen MR) is 109 cm³/mol. The van der Waals surface area contributed by atoms with Crippen LogP contribution in [0.5, 0.6) is 5.75 Å². The van der Waals surface area contributed by atoms with E-state index >= 15 is 0 Å². The number of carbonyl (C=O) groups is 1. The Balaban J connectivity index is 1.38. The van der Waals surface area contributed by atoms with Crippen LogP contribution in [0, 0.1) is 17.8 Å². The monoisotopic (exact) mass is 383 g/mol. The van der Waals surface area contributed by atoms with Gasteiger partial charge in [-0.2, -0.15) is 0 Å². The second-order valence-corrected chi connectivity index (χ2v) is 8.82. The molecule has 1 aromatic heterocycles. The zero-order valence-electron chi connectivity index (χ0n) is 16.9. The van der Waals surface area contributed by atoms with Crippen molar-refractivity contribution in [3.8, 4) is 5.75 Å². The fourth-order valence-electron chi connectivity index (χ4n) is 5.19. The van der Waals surface area contributed by atoms with Gasteiger partial charge in [-0.15, -0.1) is 0 Å². The maximum atomic E-state index is 12.3. The van der Waals surface area contributed by atoms with Gasteiger partial charge in [0.05, 0.1) is 0 Å². The van der Waals surface area contributed by atoms with Crippen molar-refractivity contribution in [1.29, 1.82) is 0 Å². The molecule has 0 radical (unpaired) electrons. The van der Waals surface area contributed by atoms with Crippen LogP contribution in [0.3, 0.4) is 0 Å². The largest absolute Gasteiger partial charge is 0.484 e. The van der Waals surface area contributed by atoms with Crippen LogP contribution in [0.25, 0.3) is 11.0 Å². The zero-order valence-corrected chi connectivity index (χ0v) is 16.9. The second-order valence-electron chi connectivity index (χ2n) is 8.82. The van der Waals surface area contributed by atoms with Gasteiger partial charge in [0, 0.05) is 23.6 Å². The molecule has 0 aliphatic heterocycles. The van der Waals surface area contributed by atoms with E-state index in [2.05, 4.69) is 12.2 Å². The third-order valence-electron chi connectivity index (χ3n) is 6.56. The maximum absolute atomic E-state index is 12.3. The van der Waals surface area contributed by atoms with E-state index in [1.54, 1.807) is 6.07 Å². The Hall–Kier alpha value is -2.30. The molecule has 4 atom stereocenters. The van der Waals surface area contributed by atoms with Gasteiger partial charge in [-0.05, 0) is 67.6 Å². The van der Waals surface area contributed by atoms with Crippen LogP contribution in [-0.4, -0.2) is 18.6 Å². The summed E-state index contributed by atoms with van der Waals surface area (Å²) in [6.07, 6.45) is 5.26. The Kier molecular flexibility index (Phi) is 5.17. The molecule has 2 aromatic rings. The molecule has 2 fully saturated rings. The fraction of sp³-hybridized carbons (Fsp3) is 0.565. The lowest BCUT2D eigenvalue weighted by atomic mass is 9.84. The Bertz CT molecular complexity index is 932. The fourth-order valence-corrected chi connectivity index (χ4v) is 5.19. The molecule has 1 heterocycles. The molecule has 0 saturated heterocycles. The highest BCUT2D eigenvalue weighted by Gasteiger charge is 2.42. The van der Waals surface area contributed by atoms with Gasteiger partial charge >= 0.3 is 5.63 Å². The van der Waals surface area contributed by atoms with E-state index in [0.29, 0.717) is 17.3 Å². The van der Waals surface area contributed by atoms with Crippen LogP contribution in [0.4, 0.5) is 0 Å². The summed E-state index contributed by atoms with van der Waals surface area (Å²) in [5.41, 5.74) is 1.07. The first-order chi connectivity index (χ1) is 13.4. The molecule has 0 unspecified atom stereocenters. The van der Waals surface area contributed by atoms with Crippen molar-refractivity contribution < 1.29 is 13.9 Å². The first-order valence-corrected chi connectivity index (χ1v) is 10.4. The van der Waals surface area contributed by atoms with Crippen molar-refractivity contribution in [2.24, 2.45) is 17.8 Å². The molecule has 2 saturated carbocycles. The van der Waals surface area contributed by atoms with Gasteiger partial charge in [0.15, 0.2) is 6.61 Å². The van der Waals surface area contributed by atoms with Gasteiger partial charge in [0.1, 0.15) is 11.3 Å². The average Bonchev–Trinajstić information content (AvgIpc) is 3.28. The van der Waals surface area contributed by atoms with Gasteiger partial charge in [0.25, 0.3) is 5.91 Å². The van der Waals surface area contributed by atoms with Crippen LogP contribution in [-0.2, 0) is 4.79 Å². The summed E-state index contributed by atoms with van der Waals surface area (Å²) in [6.45, 7) is 6.16. The third kappa shape index (κ3) is 3.80. The molecule has 28 heavy (non-hydrogen) atoms. The summed E-state index contributed by atoms with van der Waals surface area (Å²) in [6, 6.07) is 7.13. The second kappa shape index (κ2) is 7.61. The smallest absolute Gasteiger partial charge is 0.336 e. The highest BCUT2D eigenvalue weighted by Crippen LogP contribution is 2.49. The van der Waals surface area contributed by atoms with Gasteiger partial charge in [-0.25, -0.2) is 4.79 Å². The number of carbonyl (C=O) groups excluding carboxylic acids is 1. The minimum Gasteiger partial charge on any atom is -0.484 e. The van der Waals surface area contributed by atoms with Gasteiger partial charge in [-0.3, -0.25) is 4.79 Å². The number of fused-ring (bicyclic) bond motifs is 3. The van der Waals surface area contributed by atoms with Crippen molar-refractivity contribution in [1.82, 2.24) is 5.32 Å². The standard InChI is InChI=1S/C23H29NO4/c1-13(2)19-11-23(26)28-21-10-17(6-7-18(19)21)27-12-22(25)24-14(3)20-9-15-4-5-16(20)8-15/h6-7,10-11,13-16,20H,4-5,8-9,12H2,1-3H3,(H,24,25)/t14-,15+,16+,20+/m1/s1. The van der Waals surface area contributed by atoms with Crippen LogP contribution >= 0.6 is 0 Å². The number of hydrogen-bond donors (Lipinski definition) is 1. The number of hydrogen-bond acceptors (Lipinski definition) is 4. The summed E-state index contributed by atoms with van der Waals surface area (Å²) >= 11 is 0. The zero-order chi connectivity index (χ0) is 19.8. The normalized spacial score (nSPS) is 24.6. The van der Waals surface area contributed by atoms with Crippen LogP contribution < -0.4 is 15.7 Å². The number of benzene rings is 1. The van der Waals surface area contributed by atoms with E-state index in [1.165, 1.54) is 31.7 Å². The molecule has 5 nitrogen and oxygen atoms in total. The average molecular weight is 383 g/mol. The maximum Gasteiger partial charge on any atom is 0.336 e. The first-order valence-electron chi connectivity index (χ1n) is 10.4. The van der Waals surface area contributed by atoms with E-state index in [0.717, 1.165) is 22.8 Å². The molecule has 0 spiro atoms. The highest BCUT2D eigenvalue weighted by molar-refractivity contribution is 5.82. The lowest BCUT2D eigenvalue weighted by Crippen LogP contribution is -2.42. The van der Waals surface area contributed by atoms with Crippen molar-refractivity contribution in [2.45, 2.75) is 58.4 Å². The molecular formula is C23H29NO4. The molecule has 5 heteroatoms. The Morgan fingerprint density at radius 3 is 2.71 bits per heavy atom.